The van der Waals surface area contributed by atoms with Crippen molar-refractivity contribution in [3.63, 3.8) is 0 Å². The minimum atomic E-state index is -3.49. The van der Waals surface area contributed by atoms with E-state index >= 15 is 0 Å². The lowest BCUT2D eigenvalue weighted by atomic mass is 10.1. The van der Waals surface area contributed by atoms with E-state index in [9.17, 15) is 8.42 Å². The van der Waals surface area contributed by atoms with Gasteiger partial charge in [-0.05, 0) is 30.9 Å². The molecule has 1 aliphatic rings. The molecule has 1 aromatic rings. The molecule has 1 fully saturated rings. The van der Waals surface area contributed by atoms with E-state index in [0.29, 0.717) is 19.5 Å². The predicted molar refractivity (Wildman–Crippen MR) is 67.8 cm³/mol. The fourth-order valence-electron chi connectivity index (χ4n) is 2.13. The van der Waals surface area contributed by atoms with Crippen LogP contribution in [0.15, 0.2) is 23.2 Å². The summed E-state index contributed by atoms with van der Waals surface area (Å²) < 4.78 is 26.1. The maximum absolute atomic E-state index is 12.3. The number of hydrogen-bond acceptors (Lipinski definition) is 4. The van der Waals surface area contributed by atoms with Crippen LogP contribution < -0.4 is 0 Å². The van der Waals surface area contributed by atoms with Crippen LogP contribution in [0.3, 0.4) is 0 Å². The number of aromatic nitrogens is 1. The Kier molecular flexibility index (Phi) is 4.21. The van der Waals surface area contributed by atoms with Gasteiger partial charge in [-0.1, -0.05) is 11.6 Å². The van der Waals surface area contributed by atoms with Crippen molar-refractivity contribution < 1.29 is 13.5 Å². The Balaban J connectivity index is 2.18. The molecule has 0 bridgehead atoms. The van der Waals surface area contributed by atoms with Gasteiger partial charge in [-0.3, -0.25) is 0 Å². The van der Waals surface area contributed by atoms with E-state index in [1.54, 1.807) is 0 Å². The molecule has 100 valence electrons. The zero-order valence-corrected chi connectivity index (χ0v) is 11.4. The molecule has 1 saturated heterocycles. The Morgan fingerprint density at radius 3 is 3.00 bits per heavy atom. The smallest absolute Gasteiger partial charge is 0.243 e. The highest BCUT2D eigenvalue weighted by Crippen LogP contribution is 2.26. The summed E-state index contributed by atoms with van der Waals surface area (Å²) in [4.78, 5) is 3.95. The van der Waals surface area contributed by atoms with Gasteiger partial charge in [0.25, 0.3) is 0 Å². The zero-order chi connectivity index (χ0) is 13.2. The van der Waals surface area contributed by atoms with E-state index < -0.39 is 10.0 Å². The number of nitrogens with zero attached hydrogens (tertiary/aromatic N) is 2. The van der Waals surface area contributed by atoms with Gasteiger partial charge in [-0.25, -0.2) is 13.4 Å². The van der Waals surface area contributed by atoms with Gasteiger partial charge in [-0.15, -0.1) is 0 Å². The number of rotatable bonds is 4. The normalized spacial score (nSPS) is 21.3. The van der Waals surface area contributed by atoms with Crippen LogP contribution in [0.2, 0.25) is 5.15 Å². The fraction of sp³-hybridized carbons (Fsp3) is 0.545. The van der Waals surface area contributed by atoms with Crippen LogP contribution >= 0.6 is 11.6 Å². The van der Waals surface area contributed by atoms with Crippen molar-refractivity contribution in [3.8, 4) is 0 Å². The maximum Gasteiger partial charge on any atom is 0.243 e. The number of aliphatic hydroxyl groups excluding tert-OH is 1. The highest BCUT2D eigenvalue weighted by Gasteiger charge is 2.32. The maximum atomic E-state index is 12.3. The predicted octanol–water partition coefficient (Wildman–Crippen LogP) is 1.13. The van der Waals surface area contributed by atoms with Gasteiger partial charge >= 0.3 is 0 Å². The van der Waals surface area contributed by atoms with Crippen molar-refractivity contribution in [2.75, 3.05) is 19.7 Å². The van der Waals surface area contributed by atoms with Crippen molar-refractivity contribution in [1.82, 2.24) is 9.29 Å². The summed E-state index contributed by atoms with van der Waals surface area (Å²) in [7, 11) is -3.49. The van der Waals surface area contributed by atoms with E-state index in [0.717, 1.165) is 6.42 Å². The van der Waals surface area contributed by atoms with E-state index in [4.69, 9.17) is 16.7 Å². The molecule has 18 heavy (non-hydrogen) atoms. The van der Waals surface area contributed by atoms with Gasteiger partial charge in [0.1, 0.15) is 5.15 Å². The van der Waals surface area contributed by atoms with Crippen LogP contribution in [0.5, 0.6) is 0 Å². The first-order valence-electron chi connectivity index (χ1n) is 5.76. The third kappa shape index (κ3) is 2.83. The molecule has 1 aliphatic heterocycles. The SMILES string of the molecule is O=S(=O)(c1ccnc(Cl)c1)N1CCC(CCO)C1. The molecule has 1 N–H and O–H groups in total. The van der Waals surface area contributed by atoms with Gasteiger partial charge in [0.2, 0.25) is 10.0 Å². The summed E-state index contributed by atoms with van der Waals surface area (Å²) in [6.07, 6.45) is 2.82. The highest BCUT2D eigenvalue weighted by atomic mass is 35.5. The van der Waals surface area contributed by atoms with Crippen LogP contribution in [0, 0.1) is 5.92 Å². The quantitative estimate of drug-likeness (QED) is 0.844. The van der Waals surface area contributed by atoms with Crippen molar-refractivity contribution in [2.45, 2.75) is 17.7 Å². The molecule has 0 aliphatic carbocycles. The molecule has 0 aromatic carbocycles. The van der Waals surface area contributed by atoms with Crippen molar-refractivity contribution in [2.24, 2.45) is 5.92 Å². The Labute approximate surface area is 111 Å². The van der Waals surface area contributed by atoms with Crippen molar-refractivity contribution in [3.05, 3.63) is 23.5 Å². The fourth-order valence-corrected chi connectivity index (χ4v) is 3.91. The van der Waals surface area contributed by atoms with Crippen LogP contribution in [-0.2, 0) is 10.0 Å². The largest absolute Gasteiger partial charge is 0.396 e. The molecular weight excluding hydrogens is 276 g/mol. The average molecular weight is 291 g/mol. The minimum Gasteiger partial charge on any atom is -0.396 e. The summed E-state index contributed by atoms with van der Waals surface area (Å²) in [5.74, 6) is 0.238. The molecule has 0 amide bonds. The molecule has 2 heterocycles. The van der Waals surface area contributed by atoms with Crippen LogP contribution in [0.25, 0.3) is 0 Å². The number of aliphatic hydroxyl groups is 1. The molecule has 0 radical (unpaired) electrons. The first-order valence-corrected chi connectivity index (χ1v) is 7.58. The number of pyridine rings is 1. The number of hydrogen-bond donors (Lipinski definition) is 1. The van der Waals surface area contributed by atoms with Crippen molar-refractivity contribution >= 4 is 21.6 Å². The van der Waals surface area contributed by atoms with Crippen LogP contribution in [-0.4, -0.2) is 42.5 Å². The molecule has 7 heteroatoms. The Hall–Kier alpha value is -0.690. The average Bonchev–Trinajstić information content (AvgIpc) is 2.79. The molecule has 0 spiro atoms. The highest BCUT2D eigenvalue weighted by molar-refractivity contribution is 7.89. The summed E-state index contributed by atoms with van der Waals surface area (Å²) >= 11 is 5.71. The second-order valence-electron chi connectivity index (χ2n) is 4.34. The second kappa shape index (κ2) is 5.52. The van der Waals surface area contributed by atoms with E-state index in [1.165, 1.54) is 22.6 Å². The number of sulfonamides is 1. The molecule has 0 saturated carbocycles. The standard InChI is InChI=1S/C11H15ClN2O3S/c12-11-7-10(1-4-13-11)18(16,17)14-5-2-9(8-14)3-6-15/h1,4,7,9,15H,2-3,5-6,8H2. The summed E-state index contributed by atoms with van der Waals surface area (Å²) in [6.45, 7) is 1.05. The van der Waals surface area contributed by atoms with E-state index in [1.807, 2.05) is 0 Å². The first kappa shape index (κ1) is 13.7. The van der Waals surface area contributed by atoms with E-state index in [2.05, 4.69) is 4.98 Å². The topological polar surface area (TPSA) is 70.5 Å². The summed E-state index contributed by atoms with van der Waals surface area (Å²) in [5, 5.41) is 9.04. The third-order valence-corrected chi connectivity index (χ3v) is 5.19. The lowest BCUT2D eigenvalue weighted by molar-refractivity contribution is 0.259. The molecule has 1 aromatic heterocycles. The summed E-state index contributed by atoms with van der Waals surface area (Å²) in [6, 6.07) is 2.80. The van der Waals surface area contributed by atoms with E-state index in [-0.39, 0.29) is 22.6 Å². The molecule has 1 unspecified atom stereocenters. The lowest BCUT2D eigenvalue weighted by Crippen LogP contribution is -2.29. The molecule has 2 rings (SSSR count). The third-order valence-electron chi connectivity index (χ3n) is 3.12. The minimum absolute atomic E-state index is 0.0969. The van der Waals surface area contributed by atoms with Gasteiger partial charge in [0, 0.05) is 25.9 Å². The van der Waals surface area contributed by atoms with Gasteiger partial charge in [-0.2, -0.15) is 4.31 Å². The van der Waals surface area contributed by atoms with Crippen LogP contribution in [0.1, 0.15) is 12.8 Å². The van der Waals surface area contributed by atoms with Crippen molar-refractivity contribution in [1.29, 1.82) is 0 Å². The Morgan fingerprint density at radius 2 is 2.33 bits per heavy atom. The molecule has 5 nitrogen and oxygen atoms in total. The van der Waals surface area contributed by atoms with Gasteiger partial charge in [0.05, 0.1) is 4.90 Å². The number of halogens is 1. The lowest BCUT2D eigenvalue weighted by Gasteiger charge is -2.16. The second-order valence-corrected chi connectivity index (χ2v) is 6.67. The Bertz CT molecular complexity index is 521. The molecular formula is C11H15ClN2O3S. The Morgan fingerprint density at radius 1 is 1.56 bits per heavy atom. The monoisotopic (exact) mass is 290 g/mol. The first-order chi connectivity index (χ1) is 8.54. The summed E-state index contributed by atoms with van der Waals surface area (Å²) in [5.41, 5.74) is 0. The molecule has 1 atom stereocenters. The van der Waals surface area contributed by atoms with Gasteiger partial charge in [0.15, 0.2) is 0 Å². The van der Waals surface area contributed by atoms with Crippen LogP contribution in [0.4, 0.5) is 0 Å². The van der Waals surface area contributed by atoms with Gasteiger partial charge < -0.3 is 5.11 Å². The zero-order valence-electron chi connectivity index (χ0n) is 9.79.